The van der Waals surface area contributed by atoms with Crippen LogP contribution in [0.25, 0.3) is 0 Å². The molecule has 0 saturated heterocycles. The Hall–Kier alpha value is -3.19. The summed E-state index contributed by atoms with van der Waals surface area (Å²) in [6, 6.07) is 3.52. The second-order valence-electron chi connectivity index (χ2n) is 13.2. The number of aryl methyl sites for hydroxylation is 1. The van der Waals surface area contributed by atoms with E-state index in [0.717, 1.165) is 80.8 Å². The first-order valence-corrected chi connectivity index (χ1v) is 20.9. The van der Waals surface area contributed by atoms with Gasteiger partial charge in [0, 0.05) is 77.2 Å². The molecule has 4 aromatic rings. The molecule has 2 aromatic carbocycles. The van der Waals surface area contributed by atoms with E-state index in [9.17, 15) is 25.9 Å². The summed E-state index contributed by atoms with van der Waals surface area (Å²) in [4.78, 5) is 12.3. The average molecular weight is 816 g/mol. The van der Waals surface area contributed by atoms with E-state index in [0.29, 0.717) is 34.2 Å². The van der Waals surface area contributed by atoms with Gasteiger partial charge in [0.15, 0.2) is 0 Å². The largest absolute Gasteiger partial charge is 0.371 e. The molecule has 51 heavy (non-hydrogen) atoms. The van der Waals surface area contributed by atoms with Gasteiger partial charge < -0.3 is 9.80 Å². The molecule has 4 aliphatic rings. The number of aromatic nitrogens is 2. The third-order valence-corrected chi connectivity index (χ3v) is 12.8. The number of nitrogens with zero attached hydrogens (tertiary/aromatic N) is 8. The van der Waals surface area contributed by atoms with E-state index in [4.69, 9.17) is 0 Å². The maximum atomic E-state index is 12.2. The Bertz CT molecular complexity index is 2210. The summed E-state index contributed by atoms with van der Waals surface area (Å²) in [6.07, 6.45) is 9.04. The molecule has 6 heterocycles. The van der Waals surface area contributed by atoms with Gasteiger partial charge in [0.2, 0.25) is 10.3 Å². The Labute approximate surface area is 314 Å². The van der Waals surface area contributed by atoms with Crippen molar-refractivity contribution in [2.75, 3.05) is 36.0 Å². The molecule has 0 unspecified atom stereocenters. The summed E-state index contributed by atoms with van der Waals surface area (Å²) in [5.74, 6) is 0. The molecule has 0 bridgehead atoms. The molecule has 8 rings (SSSR count). The first-order chi connectivity index (χ1) is 23.8. The number of hydrogen-bond acceptors (Lipinski definition) is 14. The van der Waals surface area contributed by atoms with Gasteiger partial charge in [0.25, 0.3) is 20.2 Å². The quantitative estimate of drug-likeness (QED) is 0.111. The second-order valence-corrected chi connectivity index (χ2v) is 17.7. The predicted molar refractivity (Wildman–Crippen MR) is 192 cm³/mol. The fourth-order valence-electron chi connectivity index (χ4n) is 7.40. The summed E-state index contributed by atoms with van der Waals surface area (Å²) in [7, 11) is -8.81. The van der Waals surface area contributed by atoms with Crippen LogP contribution in [0.3, 0.4) is 0 Å². The Morgan fingerprint density at radius 3 is 1.71 bits per heavy atom. The molecule has 0 aliphatic carbocycles. The Balaban J connectivity index is 0.000000173. The third kappa shape index (κ3) is 7.66. The van der Waals surface area contributed by atoms with Crippen molar-refractivity contribution < 1.29 is 42.4 Å². The van der Waals surface area contributed by atoms with Gasteiger partial charge in [0.1, 0.15) is 21.2 Å². The van der Waals surface area contributed by atoms with E-state index in [1.807, 2.05) is 0 Å². The van der Waals surface area contributed by atoms with Crippen molar-refractivity contribution in [3.05, 3.63) is 57.5 Å². The van der Waals surface area contributed by atoms with Gasteiger partial charge >= 0.3 is 0 Å². The summed E-state index contributed by atoms with van der Waals surface area (Å²) in [6.45, 7) is 7.95. The van der Waals surface area contributed by atoms with Crippen LogP contribution < -0.4 is 9.80 Å². The van der Waals surface area contributed by atoms with Crippen LogP contribution >= 0.6 is 22.7 Å². The maximum absolute atomic E-state index is 12.2. The van der Waals surface area contributed by atoms with E-state index in [-0.39, 0.29) is 43.1 Å². The molecule has 274 valence electrons. The van der Waals surface area contributed by atoms with Crippen LogP contribution in [-0.2, 0) is 61.4 Å². The van der Waals surface area contributed by atoms with Crippen molar-refractivity contribution in [2.45, 2.75) is 74.0 Å². The third-order valence-electron chi connectivity index (χ3n) is 9.53. The fourth-order valence-corrected chi connectivity index (χ4v) is 10.1. The zero-order chi connectivity index (χ0) is 35.3. The SMILES string of the molecule is CC1(C)CCN2CCCc3c2c1cc(N=Nc1nccs1)c3S(=O)(=O)O.O=S(=O)(O)c1c(N=Nc2nccs2)cc2c3c1CCCN3CCC2.[Ni]. The molecular weight excluding hydrogens is 779 g/mol. The van der Waals surface area contributed by atoms with Crippen LogP contribution in [0.15, 0.2) is 65.5 Å². The minimum absolute atomic E-state index is 0. The standard InChI is InChI=1S/C17H20N4O3S2.C15H16N4O3S2.Ni/c1-17(2)5-8-21-7-3-4-11-14(21)12(17)10-13(15(11)26(22,23)24)19-20-16-18-6-9-25-16;20-24(21,22)14-11-4-2-7-19-6-1-3-10(13(11)19)9-12(14)17-18-15-16-5-8-23-15;/h6,9-10H,3-5,7-8H2,1-2H3,(H,22,23,24);5,8-9H,1-4,6-7H2,(H,20,21,22);. The topological polar surface area (TPSA) is 190 Å². The first kappa shape index (κ1) is 37.6. The average Bonchev–Trinajstić information content (AvgIpc) is 3.79. The Kier molecular flexibility index (Phi) is 10.8. The molecule has 0 radical (unpaired) electrons. The molecule has 0 spiro atoms. The zero-order valence-electron chi connectivity index (χ0n) is 27.8. The van der Waals surface area contributed by atoms with Crippen molar-refractivity contribution in [2.24, 2.45) is 20.5 Å². The van der Waals surface area contributed by atoms with Crippen LogP contribution in [0.1, 0.15) is 61.8 Å². The normalized spacial score (nSPS) is 17.8. The van der Waals surface area contributed by atoms with Crippen LogP contribution in [0.4, 0.5) is 33.0 Å². The second kappa shape index (κ2) is 14.7. The number of benzene rings is 2. The number of thiazole rings is 2. The van der Waals surface area contributed by atoms with E-state index in [1.54, 1.807) is 35.3 Å². The minimum atomic E-state index is -4.42. The molecular formula is C32H36N8NiO6S4. The Morgan fingerprint density at radius 1 is 0.706 bits per heavy atom. The molecule has 0 fully saturated rings. The molecule has 2 N–H and O–H groups in total. The van der Waals surface area contributed by atoms with E-state index >= 15 is 0 Å². The molecule has 4 aliphatic heterocycles. The zero-order valence-corrected chi connectivity index (χ0v) is 32.1. The monoisotopic (exact) mass is 814 g/mol. The molecule has 0 saturated carbocycles. The summed E-state index contributed by atoms with van der Waals surface area (Å²) in [5.41, 5.74) is 5.70. The number of azo groups is 2. The maximum Gasteiger partial charge on any atom is 0.297 e. The van der Waals surface area contributed by atoms with E-state index < -0.39 is 20.2 Å². The Morgan fingerprint density at radius 2 is 1.20 bits per heavy atom. The number of rotatable bonds is 6. The van der Waals surface area contributed by atoms with Crippen molar-refractivity contribution in [3.63, 3.8) is 0 Å². The van der Waals surface area contributed by atoms with Crippen molar-refractivity contribution in [3.8, 4) is 0 Å². The van der Waals surface area contributed by atoms with Crippen LogP contribution in [-0.4, -0.2) is 62.1 Å². The van der Waals surface area contributed by atoms with Gasteiger partial charge in [-0.3, -0.25) is 9.11 Å². The summed E-state index contributed by atoms with van der Waals surface area (Å²) >= 11 is 2.63. The van der Waals surface area contributed by atoms with E-state index in [1.165, 1.54) is 22.7 Å². The van der Waals surface area contributed by atoms with E-state index in [2.05, 4.69) is 54.1 Å². The van der Waals surface area contributed by atoms with Gasteiger partial charge in [-0.1, -0.05) is 13.8 Å². The minimum Gasteiger partial charge on any atom is -0.371 e. The van der Waals surface area contributed by atoms with Gasteiger partial charge in [-0.25, -0.2) is 9.97 Å². The molecule has 2 aromatic heterocycles. The first-order valence-electron chi connectivity index (χ1n) is 16.3. The molecule has 14 nitrogen and oxygen atoms in total. The van der Waals surface area contributed by atoms with Crippen molar-refractivity contribution in [1.29, 1.82) is 0 Å². The van der Waals surface area contributed by atoms with Gasteiger partial charge in [-0.2, -0.15) is 16.8 Å². The number of hydrogen-bond donors (Lipinski definition) is 2. The molecule has 19 heteroatoms. The summed E-state index contributed by atoms with van der Waals surface area (Å²) in [5, 5.41) is 20.8. The predicted octanol–water partition coefficient (Wildman–Crippen LogP) is 7.74. The van der Waals surface area contributed by atoms with Crippen LogP contribution in [0.2, 0.25) is 0 Å². The van der Waals surface area contributed by atoms with Crippen LogP contribution in [0.5, 0.6) is 0 Å². The molecule has 0 atom stereocenters. The smallest absolute Gasteiger partial charge is 0.297 e. The van der Waals surface area contributed by atoms with Gasteiger partial charge in [-0.05, 0) is 84.7 Å². The summed E-state index contributed by atoms with van der Waals surface area (Å²) < 4.78 is 68.2. The van der Waals surface area contributed by atoms with Crippen molar-refractivity contribution in [1.82, 2.24) is 9.97 Å². The number of anilines is 2. The van der Waals surface area contributed by atoms with Gasteiger partial charge in [-0.15, -0.1) is 43.1 Å². The van der Waals surface area contributed by atoms with Gasteiger partial charge in [0.05, 0.1) is 0 Å². The van der Waals surface area contributed by atoms with Crippen molar-refractivity contribution >= 4 is 75.9 Å². The van der Waals surface area contributed by atoms with Crippen LogP contribution in [0, 0.1) is 0 Å². The fraction of sp³-hybridized carbons (Fsp3) is 0.438. The molecule has 0 amide bonds.